The monoisotopic (exact) mass is 272 g/mol. The normalized spacial score (nSPS) is 13.4. The van der Waals surface area contributed by atoms with Crippen LogP contribution in [-0.4, -0.2) is 12.6 Å². The molecule has 0 amide bonds. The van der Waals surface area contributed by atoms with Gasteiger partial charge < -0.3 is 4.74 Å². The highest BCUT2D eigenvalue weighted by atomic mass is 16.5. The van der Waals surface area contributed by atoms with Crippen LogP contribution in [0.5, 0.6) is 0 Å². The van der Waals surface area contributed by atoms with Gasteiger partial charge in [0.25, 0.3) is 0 Å². The van der Waals surface area contributed by atoms with Crippen molar-refractivity contribution in [2.75, 3.05) is 6.61 Å². The minimum Gasteiger partial charge on any atom is -0.461 e. The van der Waals surface area contributed by atoms with E-state index in [9.17, 15) is 4.79 Å². The number of hydrogen-bond acceptors (Lipinski definition) is 2. The summed E-state index contributed by atoms with van der Waals surface area (Å²) < 4.78 is 5.17. The second-order valence-electron chi connectivity index (χ2n) is 5.04. The predicted octanol–water partition coefficient (Wildman–Crippen LogP) is 4.32. The van der Waals surface area contributed by atoms with Crippen LogP contribution in [0.15, 0.2) is 54.1 Å². The van der Waals surface area contributed by atoms with E-state index >= 15 is 0 Å². The number of ether oxygens (including phenoxy) is 1. The van der Waals surface area contributed by atoms with Gasteiger partial charge in [0.15, 0.2) is 0 Å². The zero-order chi connectivity index (χ0) is 14.8. The van der Waals surface area contributed by atoms with E-state index in [1.54, 1.807) is 0 Å². The number of allylic oxidation sites excluding steroid dienone is 3. The second kappa shape index (κ2) is 9.13. The fourth-order valence-corrected chi connectivity index (χ4v) is 1.81. The average molecular weight is 272 g/mol. The lowest BCUT2D eigenvalue weighted by Gasteiger charge is -2.03. The summed E-state index contributed by atoms with van der Waals surface area (Å²) in [6, 6.07) is 9.63. The zero-order valence-electron chi connectivity index (χ0n) is 12.6. The Bertz CT molecular complexity index is 458. The largest absolute Gasteiger partial charge is 0.461 e. The summed E-state index contributed by atoms with van der Waals surface area (Å²) in [5.74, 6) is 0.393. The van der Waals surface area contributed by atoms with Gasteiger partial charge in [-0.25, -0.2) is 0 Å². The first-order valence-corrected chi connectivity index (χ1v) is 7.16. The van der Waals surface area contributed by atoms with Crippen LogP contribution in [0.1, 0.15) is 32.8 Å². The van der Waals surface area contributed by atoms with Gasteiger partial charge in [-0.3, -0.25) is 4.79 Å². The summed E-state index contributed by atoms with van der Waals surface area (Å²) in [6.45, 7) is 6.76. The summed E-state index contributed by atoms with van der Waals surface area (Å²) in [4.78, 5) is 11.6. The molecule has 0 radical (unpaired) electrons. The lowest BCUT2D eigenvalue weighted by Crippen LogP contribution is -2.07. The third kappa shape index (κ3) is 6.93. The van der Waals surface area contributed by atoms with Crippen molar-refractivity contribution in [1.29, 1.82) is 0 Å². The van der Waals surface area contributed by atoms with Gasteiger partial charge in [-0.15, -0.1) is 0 Å². The Kier molecular flexibility index (Phi) is 7.41. The van der Waals surface area contributed by atoms with Crippen molar-refractivity contribution < 1.29 is 9.53 Å². The number of carbonyl (C=O) groups is 1. The molecule has 0 saturated carbocycles. The Balaban J connectivity index is 2.30. The number of carbonyl (C=O) groups excluding carboxylic acids is 1. The molecular weight excluding hydrogens is 248 g/mol. The number of hydrogen-bond donors (Lipinski definition) is 0. The van der Waals surface area contributed by atoms with E-state index in [4.69, 9.17) is 4.74 Å². The first-order chi connectivity index (χ1) is 9.61. The summed E-state index contributed by atoms with van der Waals surface area (Å²) in [7, 11) is 0. The van der Waals surface area contributed by atoms with Crippen molar-refractivity contribution in [3.63, 3.8) is 0 Å². The van der Waals surface area contributed by atoms with E-state index in [1.807, 2.05) is 42.5 Å². The highest BCUT2D eigenvalue weighted by Gasteiger charge is 2.02. The topological polar surface area (TPSA) is 26.3 Å². The Labute approximate surface area is 122 Å². The van der Waals surface area contributed by atoms with Gasteiger partial charge in [0, 0.05) is 0 Å². The Morgan fingerprint density at radius 1 is 1.30 bits per heavy atom. The fraction of sp³-hybridized carbons (Fsp3) is 0.389. The predicted molar refractivity (Wildman–Crippen MR) is 83.5 cm³/mol. The van der Waals surface area contributed by atoms with E-state index in [0.29, 0.717) is 18.9 Å². The number of rotatable bonds is 7. The maximum absolute atomic E-state index is 11.6. The molecule has 2 nitrogen and oxygen atoms in total. The van der Waals surface area contributed by atoms with Crippen molar-refractivity contribution in [1.82, 2.24) is 0 Å². The SMILES string of the molecule is CCC(C)/C=C(C)/C=C/COC(=O)Cc1ccccc1. The first kappa shape index (κ1) is 16.2. The Morgan fingerprint density at radius 2 is 2.00 bits per heavy atom. The molecule has 1 atom stereocenters. The van der Waals surface area contributed by atoms with E-state index < -0.39 is 0 Å². The molecule has 0 spiro atoms. The van der Waals surface area contributed by atoms with E-state index in [1.165, 1.54) is 5.57 Å². The molecule has 1 rings (SSSR count). The summed E-state index contributed by atoms with van der Waals surface area (Å²) in [5, 5.41) is 0. The third-order valence-corrected chi connectivity index (χ3v) is 3.10. The Morgan fingerprint density at radius 3 is 2.65 bits per heavy atom. The number of esters is 1. The molecule has 0 aliphatic rings. The quantitative estimate of drug-likeness (QED) is 0.546. The van der Waals surface area contributed by atoms with Gasteiger partial charge in [-0.05, 0) is 24.5 Å². The molecule has 2 heteroatoms. The van der Waals surface area contributed by atoms with Gasteiger partial charge in [-0.1, -0.05) is 68.3 Å². The van der Waals surface area contributed by atoms with Crippen LogP contribution in [0.4, 0.5) is 0 Å². The van der Waals surface area contributed by atoms with Gasteiger partial charge in [0.1, 0.15) is 6.61 Å². The van der Waals surface area contributed by atoms with Crippen LogP contribution in [0.3, 0.4) is 0 Å². The molecule has 0 fully saturated rings. The van der Waals surface area contributed by atoms with Gasteiger partial charge in [0.05, 0.1) is 6.42 Å². The van der Waals surface area contributed by atoms with E-state index in [0.717, 1.165) is 12.0 Å². The highest BCUT2D eigenvalue weighted by Crippen LogP contribution is 2.07. The Hall–Kier alpha value is -1.83. The zero-order valence-corrected chi connectivity index (χ0v) is 12.6. The molecule has 108 valence electrons. The molecule has 1 aromatic carbocycles. The lowest BCUT2D eigenvalue weighted by molar-refractivity contribution is -0.141. The summed E-state index contributed by atoms with van der Waals surface area (Å²) in [5.41, 5.74) is 2.19. The standard InChI is InChI=1S/C18H24O2/c1-4-15(2)13-16(3)9-8-12-20-18(19)14-17-10-6-5-7-11-17/h5-11,13,15H,4,12,14H2,1-3H3/b9-8+,16-13+. The molecule has 0 saturated heterocycles. The number of benzene rings is 1. The summed E-state index contributed by atoms with van der Waals surface area (Å²) in [6.07, 6.45) is 7.58. The molecule has 0 bridgehead atoms. The lowest BCUT2D eigenvalue weighted by atomic mass is 10.1. The first-order valence-electron chi connectivity index (χ1n) is 7.16. The van der Waals surface area contributed by atoms with Gasteiger partial charge in [-0.2, -0.15) is 0 Å². The van der Waals surface area contributed by atoms with Crippen molar-refractivity contribution in [2.24, 2.45) is 5.92 Å². The van der Waals surface area contributed by atoms with Crippen LogP contribution in [0.2, 0.25) is 0 Å². The molecular formula is C18H24O2. The maximum Gasteiger partial charge on any atom is 0.310 e. The van der Waals surface area contributed by atoms with Crippen LogP contribution in [-0.2, 0) is 16.0 Å². The van der Waals surface area contributed by atoms with Gasteiger partial charge >= 0.3 is 5.97 Å². The van der Waals surface area contributed by atoms with Crippen LogP contribution in [0.25, 0.3) is 0 Å². The molecule has 1 unspecified atom stereocenters. The van der Waals surface area contributed by atoms with Crippen molar-refractivity contribution in [3.8, 4) is 0 Å². The maximum atomic E-state index is 11.6. The smallest absolute Gasteiger partial charge is 0.310 e. The van der Waals surface area contributed by atoms with E-state index in [-0.39, 0.29) is 5.97 Å². The fourth-order valence-electron chi connectivity index (χ4n) is 1.81. The van der Waals surface area contributed by atoms with Gasteiger partial charge in [0.2, 0.25) is 0 Å². The molecule has 0 heterocycles. The molecule has 1 aromatic rings. The van der Waals surface area contributed by atoms with Crippen LogP contribution >= 0.6 is 0 Å². The van der Waals surface area contributed by atoms with Crippen LogP contribution in [0, 0.1) is 5.92 Å². The minimum absolute atomic E-state index is 0.190. The molecule has 0 N–H and O–H groups in total. The van der Waals surface area contributed by atoms with Crippen molar-refractivity contribution in [2.45, 2.75) is 33.6 Å². The van der Waals surface area contributed by atoms with Crippen molar-refractivity contribution >= 4 is 5.97 Å². The third-order valence-electron chi connectivity index (χ3n) is 3.10. The molecule has 0 aliphatic heterocycles. The minimum atomic E-state index is -0.190. The molecule has 0 aromatic heterocycles. The van der Waals surface area contributed by atoms with E-state index in [2.05, 4.69) is 26.8 Å². The second-order valence-corrected chi connectivity index (χ2v) is 5.04. The van der Waals surface area contributed by atoms with Crippen LogP contribution < -0.4 is 0 Å². The average Bonchev–Trinajstić information content (AvgIpc) is 2.44. The molecule has 0 aliphatic carbocycles. The highest BCUT2D eigenvalue weighted by molar-refractivity contribution is 5.72. The van der Waals surface area contributed by atoms with Crippen molar-refractivity contribution in [3.05, 3.63) is 59.7 Å². The molecule has 20 heavy (non-hydrogen) atoms. The summed E-state index contributed by atoms with van der Waals surface area (Å²) >= 11 is 0.